The molecule has 5 rings (SSSR count). The standard InChI is InChI=1S/C23H23FN2O5/c1-28-16-3-5-18-17(11-16)22(21(24)23(27)31-18)25-15-6-8-26(9-7-15)12-14-2-4-19-20(10-14)30-13-29-19/h2-5,10-11,15,25H,6-9,12-13H2,1H3. The molecular formula is C23H23FN2O5. The van der Waals surface area contributed by atoms with Crippen LogP contribution in [0.2, 0.25) is 0 Å². The lowest BCUT2D eigenvalue weighted by Crippen LogP contribution is -2.39. The number of likely N-dealkylation sites (tertiary alicyclic amines) is 1. The quantitative estimate of drug-likeness (QED) is 0.623. The van der Waals surface area contributed by atoms with Crippen LogP contribution < -0.4 is 25.2 Å². The number of methoxy groups -OCH3 is 1. The summed E-state index contributed by atoms with van der Waals surface area (Å²) in [6.45, 7) is 2.80. The minimum Gasteiger partial charge on any atom is -0.497 e. The van der Waals surface area contributed by atoms with Crippen molar-refractivity contribution in [1.82, 2.24) is 4.90 Å². The van der Waals surface area contributed by atoms with E-state index in [-0.39, 0.29) is 18.5 Å². The average molecular weight is 426 g/mol. The van der Waals surface area contributed by atoms with Crippen LogP contribution in [0.3, 0.4) is 0 Å². The Kier molecular flexibility index (Phi) is 5.15. The zero-order valence-corrected chi connectivity index (χ0v) is 17.2. The van der Waals surface area contributed by atoms with E-state index in [4.69, 9.17) is 18.6 Å². The number of anilines is 1. The van der Waals surface area contributed by atoms with E-state index in [2.05, 4.69) is 16.3 Å². The predicted octanol–water partition coefficient (Wildman–Crippen LogP) is 3.75. The van der Waals surface area contributed by atoms with Gasteiger partial charge in [-0.3, -0.25) is 4.90 Å². The van der Waals surface area contributed by atoms with Crippen LogP contribution in [-0.2, 0) is 6.54 Å². The fourth-order valence-corrected chi connectivity index (χ4v) is 4.16. The van der Waals surface area contributed by atoms with Crippen LogP contribution in [0.1, 0.15) is 18.4 Å². The molecule has 0 atom stereocenters. The SMILES string of the molecule is COc1ccc2oc(=O)c(F)c(NC3CCN(Cc4ccc5c(c4)OCO5)CC3)c2c1. The van der Waals surface area contributed by atoms with Crippen molar-refractivity contribution in [3.05, 3.63) is 58.2 Å². The number of nitrogens with zero attached hydrogens (tertiary/aromatic N) is 1. The van der Waals surface area contributed by atoms with Crippen molar-refractivity contribution in [2.24, 2.45) is 0 Å². The summed E-state index contributed by atoms with van der Waals surface area (Å²) in [5, 5.41) is 3.75. The van der Waals surface area contributed by atoms with Crippen LogP contribution >= 0.6 is 0 Å². The highest BCUT2D eigenvalue weighted by molar-refractivity contribution is 5.91. The lowest BCUT2D eigenvalue weighted by Gasteiger charge is -2.33. The first-order chi connectivity index (χ1) is 15.1. The largest absolute Gasteiger partial charge is 0.497 e. The van der Waals surface area contributed by atoms with E-state index in [1.54, 1.807) is 25.3 Å². The molecule has 1 fully saturated rings. The van der Waals surface area contributed by atoms with Crippen molar-refractivity contribution in [3.63, 3.8) is 0 Å². The summed E-state index contributed by atoms with van der Waals surface area (Å²) in [6.07, 6.45) is 1.66. The zero-order valence-electron chi connectivity index (χ0n) is 17.2. The summed E-state index contributed by atoms with van der Waals surface area (Å²) < 4.78 is 35.8. The van der Waals surface area contributed by atoms with Crippen molar-refractivity contribution in [2.75, 3.05) is 32.3 Å². The van der Waals surface area contributed by atoms with Gasteiger partial charge >= 0.3 is 5.63 Å². The van der Waals surface area contributed by atoms with Gasteiger partial charge in [-0.25, -0.2) is 4.79 Å². The molecule has 0 aliphatic carbocycles. The van der Waals surface area contributed by atoms with Gasteiger partial charge in [0, 0.05) is 31.1 Å². The second-order valence-corrected chi connectivity index (χ2v) is 7.82. The van der Waals surface area contributed by atoms with E-state index in [9.17, 15) is 9.18 Å². The number of fused-ring (bicyclic) bond motifs is 2. The lowest BCUT2D eigenvalue weighted by atomic mass is 10.0. The Morgan fingerprint density at radius 1 is 1.13 bits per heavy atom. The molecule has 162 valence electrons. The second kappa shape index (κ2) is 8.11. The minimum absolute atomic E-state index is 0.0544. The fraction of sp³-hybridized carbons (Fsp3) is 0.348. The number of hydrogen-bond acceptors (Lipinski definition) is 7. The van der Waals surface area contributed by atoms with E-state index >= 15 is 0 Å². The number of halogens is 1. The number of hydrogen-bond donors (Lipinski definition) is 1. The molecule has 0 bridgehead atoms. The first-order valence-corrected chi connectivity index (χ1v) is 10.3. The Morgan fingerprint density at radius 2 is 1.94 bits per heavy atom. The molecule has 1 N–H and O–H groups in total. The third-order valence-electron chi connectivity index (χ3n) is 5.84. The minimum atomic E-state index is -0.972. The number of nitrogens with one attached hydrogen (secondary N) is 1. The van der Waals surface area contributed by atoms with Crippen molar-refractivity contribution < 1.29 is 23.0 Å². The van der Waals surface area contributed by atoms with E-state index in [1.165, 1.54) is 5.56 Å². The molecule has 0 amide bonds. The highest BCUT2D eigenvalue weighted by Crippen LogP contribution is 2.33. The van der Waals surface area contributed by atoms with Crippen molar-refractivity contribution in [1.29, 1.82) is 0 Å². The number of piperidine rings is 1. The summed E-state index contributed by atoms with van der Waals surface area (Å²) in [4.78, 5) is 14.3. The Bertz CT molecular complexity index is 1170. The van der Waals surface area contributed by atoms with Gasteiger partial charge in [0.25, 0.3) is 0 Å². The third kappa shape index (κ3) is 3.90. The van der Waals surface area contributed by atoms with E-state index in [1.807, 2.05) is 12.1 Å². The third-order valence-corrected chi connectivity index (χ3v) is 5.84. The van der Waals surface area contributed by atoms with Gasteiger partial charge in [-0.05, 0) is 48.7 Å². The van der Waals surface area contributed by atoms with Gasteiger partial charge < -0.3 is 23.9 Å². The molecule has 0 spiro atoms. The van der Waals surface area contributed by atoms with Crippen LogP contribution in [0, 0.1) is 5.82 Å². The Hall–Kier alpha value is -3.26. The van der Waals surface area contributed by atoms with Gasteiger partial charge in [0.1, 0.15) is 11.3 Å². The molecule has 2 aromatic carbocycles. The van der Waals surface area contributed by atoms with Gasteiger partial charge in [0.15, 0.2) is 11.5 Å². The molecular weight excluding hydrogens is 403 g/mol. The van der Waals surface area contributed by atoms with Crippen molar-refractivity contribution in [3.8, 4) is 17.2 Å². The predicted molar refractivity (Wildman–Crippen MR) is 113 cm³/mol. The van der Waals surface area contributed by atoms with Gasteiger partial charge in [0.05, 0.1) is 12.8 Å². The van der Waals surface area contributed by atoms with Crippen LogP contribution in [0.4, 0.5) is 10.1 Å². The van der Waals surface area contributed by atoms with Crippen LogP contribution in [0.5, 0.6) is 17.2 Å². The molecule has 1 saturated heterocycles. The number of ether oxygens (including phenoxy) is 3. The van der Waals surface area contributed by atoms with E-state index < -0.39 is 11.4 Å². The first-order valence-electron chi connectivity index (χ1n) is 10.3. The molecule has 0 unspecified atom stereocenters. The van der Waals surface area contributed by atoms with E-state index in [0.717, 1.165) is 44.0 Å². The molecule has 2 aliphatic heterocycles. The molecule has 3 aromatic rings. The zero-order chi connectivity index (χ0) is 21.4. The maximum atomic E-state index is 14.7. The summed E-state index contributed by atoms with van der Waals surface area (Å²) in [7, 11) is 1.54. The second-order valence-electron chi connectivity index (χ2n) is 7.82. The summed E-state index contributed by atoms with van der Waals surface area (Å²) >= 11 is 0. The molecule has 31 heavy (non-hydrogen) atoms. The number of benzene rings is 2. The maximum absolute atomic E-state index is 14.7. The summed E-state index contributed by atoms with van der Waals surface area (Å²) in [6, 6.07) is 11.0. The molecule has 0 saturated carbocycles. The lowest BCUT2D eigenvalue weighted by molar-refractivity contribution is 0.173. The molecule has 2 aliphatic rings. The monoisotopic (exact) mass is 426 g/mol. The van der Waals surface area contributed by atoms with Gasteiger partial charge in [-0.1, -0.05) is 6.07 Å². The first kappa shape index (κ1) is 19.7. The smallest absolute Gasteiger partial charge is 0.374 e. The van der Waals surface area contributed by atoms with E-state index in [0.29, 0.717) is 16.7 Å². The topological polar surface area (TPSA) is 73.2 Å². The van der Waals surface area contributed by atoms with Crippen LogP contribution in [0.25, 0.3) is 11.0 Å². The Labute approximate surface area is 178 Å². The molecule has 3 heterocycles. The Balaban J connectivity index is 1.28. The van der Waals surface area contributed by atoms with Gasteiger partial charge in [-0.15, -0.1) is 0 Å². The van der Waals surface area contributed by atoms with Crippen molar-refractivity contribution in [2.45, 2.75) is 25.4 Å². The number of rotatable bonds is 5. The highest BCUT2D eigenvalue weighted by Gasteiger charge is 2.23. The summed E-state index contributed by atoms with van der Waals surface area (Å²) in [5.41, 5.74) is 0.704. The molecule has 8 heteroatoms. The summed E-state index contributed by atoms with van der Waals surface area (Å²) in [5.74, 6) is 1.24. The van der Waals surface area contributed by atoms with Gasteiger partial charge in [0.2, 0.25) is 12.6 Å². The molecule has 7 nitrogen and oxygen atoms in total. The average Bonchev–Trinajstić information content (AvgIpc) is 3.26. The van der Waals surface area contributed by atoms with Gasteiger partial charge in [-0.2, -0.15) is 4.39 Å². The van der Waals surface area contributed by atoms with Crippen LogP contribution in [-0.4, -0.2) is 37.9 Å². The molecule has 0 radical (unpaired) electrons. The fourth-order valence-electron chi connectivity index (χ4n) is 4.16. The Morgan fingerprint density at radius 3 is 2.74 bits per heavy atom. The normalized spacial score (nSPS) is 16.6. The molecule has 1 aromatic heterocycles. The maximum Gasteiger partial charge on any atom is 0.374 e. The highest BCUT2D eigenvalue weighted by atomic mass is 19.1. The van der Waals surface area contributed by atoms with Crippen molar-refractivity contribution >= 4 is 16.7 Å². The van der Waals surface area contributed by atoms with Crippen LogP contribution in [0.15, 0.2) is 45.6 Å².